The average molecular weight is 684 g/mol. The summed E-state index contributed by atoms with van der Waals surface area (Å²) in [4.78, 5) is 23.7. The topological polar surface area (TPSA) is 58.2 Å². The molecule has 1 unspecified atom stereocenters. The smallest absolute Gasteiger partial charge is 0.336 e. The number of alkyl halides is 9. The summed E-state index contributed by atoms with van der Waals surface area (Å²) in [5, 5.41) is 3.71. The van der Waals surface area contributed by atoms with Gasteiger partial charge >= 0.3 is 18.5 Å². The molecule has 0 aliphatic rings. The summed E-state index contributed by atoms with van der Waals surface area (Å²) in [5.41, 5.74) is -2.94. The summed E-state index contributed by atoms with van der Waals surface area (Å²) in [6.07, 6.45) is -16.6. The number of carbonyl (C=O) groups is 2. The fraction of sp³-hybridized carbons (Fsp3) is 0.304. The van der Waals surface area contributed by atoms with Crippen LogP contribution < -0.4 is 10.6 Å². The molecule has 2 amide bonds. The van der Waals surface area contributed by atoms with Gasteiger partial charge in [-0.1, -0.05) is 50.1 Å². The quantitative estimate of drug-likeness (QED) is 0.232. The van der Waals surface area contributed by atoms with Gasteiger partial charge < -0.3 is 10.6 Å². The van der Waals surface area contributed by atoms with Crippen molar-refractivity contribution in [2.75, 3.05) is 0 Å². The Labute approximate surface area is 226 Å². The lowest BCUT2D eigenvalue weighted by Gasteiger charge is -2.19. The highest BCUT2D eigenvalue weighted by Crippen LogP contribution is 2.39. The molecule has 38 heavy (non-hydrogen) atoms. The first-order valence-electron chi connectivity index (χ1n) is 10.4. The predicted octanol–water partition coefficient (Wildman–Crippen LogP) is 7.73. The van der Waals surface area contributed by atoms with E-state index >= 15 is 0 Å². The molecule has 2 N–H and O–H groups in total. The van der Waals surface area contributed by atoms with E-state index in [-0.39, 0.29) is 11.1 Å². The van der Waals surface area contributed by atoms with Crippen molar-refractivity contribution in [3.8, 4) is 0 Å². The number of benzene rings is 2. The standard InChI is InChI=1S/C23H17Br2F9N2O2/c1-11(35-19(37)10-21(26,27)28)36-20(38)16-4-2-12(6-18(16)23(32,33)34)3-5-17(22(29,30)31)13-7-14(24)9-15(25)8-13/h2-9,11,17H,10H2,1H3,(H,35,37)(H,36,38)/b5-3+/t11-,17?/m1/s1. The van der Waals surface area contributed by atoms with E-state index in [1.54, 1.807) is 5.32 Å². The first-order valence-corrected chi connectivity index (χ1v) is 11.9. The summed E-state index contributed by atoms with van der Waals surface area (Å²) < 4.78 is 120. The molecule has 0 fully saturated rings. The summed E-state index contributed by atoms with van der Waals surface area (Å²) >= 11 is 6.16. The molecular formula is C23H17Br2F9N2O2. The number of nitrogens with one attached hydrogen (secondary N) is 2. The van der Waals surface area contributed by atoms with E-state index in [9.17, 15) is 49.1 Å². The second-order valence-electron chi connectivity index (χ2n) is 7.94. The SMILES string of the molecule is C[C@H](NC(=O)CC(F)(F)F)NC(=O)c1ccc(/C=C/C(c2cc(Br)cc(Br)c2)C(F)(F)F)cc1C(F)(F)F. The van der Waals surface area contributed by atoms with Crippen LogP contribution in [0.4, 0.5) is 39.5 Å². The molecule has 0 aromatic heterocycles. The van der Waals surface area contributed by atoms with Crippen molar-refractivity contribution in [1.29, 1.82) is 0 Å². The normalized spacial score (nSPS) is 14.3. The van der Waals surface area contributed by atoms with Crippen LogP contribution in [0.1, 0.15) is 46.3 Å². The second-order valence-corrected chi connectivity index (χ2v) is 9.77. The zero-order valence-corrected chi connectivity index (χ0v) is 22.1. The Hall–Kier alpha value is -2.55. The minimum absolute atomic E-state index is 0.191. The molecule has 0 saturated carbocycles. The van der Waals surface area contributed by atoms with Gasteiger partial charge in [-0.05, 0) is 48.4 Å². The van der Waals surface area contributed by atoms with Crippen LogP contribution in [0.3, 0.4) is 0 Å². The van der Waals surface area contributed by atoms with E-state index in [0.29, 0.717) is 27.2 Å². The maximum Gasteiger partial charge on any atom is 0.417 e. The van der Waals surface area contributed by atoms with Gasteiger partial charge in [0.25, 0.3) is 5.91 Å². The maximum absolute atomic E-state index is 13.7. The van der Waals surface area contributed by atoms with Gasteiger partial charge in [0.15, 0.2) is 0 Å². The Bertz CT molecular complexity index is 1190. The number of carbonyl (C=O) groups excluding carboxylic acids is 2. The average Bonchev–Trinajstić information content (AvgIpc) is 2.69. The van der Waals surface area contributed by atoms with E-state index in [4.69, 9.17) is 0 Å². The molecule has 208 valence electrons. The van der Waals surface area contributed by atoms with Gasteiger partial charge in [0.1, 0.15) is 6.42 Å². The van der Waals surface area contributed by atoms with E-state index < -0.39 is 60.0 Å². The van der Waals surface area contributed by atoms with Crippen molar-refractivity contribution in [2.24, 2.45) is 0 Å². The highest BCUT2D eigenvalue weighted by atomic mass is 79.9. The third-order valence-electron chi connectivity index (χ3n) is 4.76. The molecule has 0 aliphatic heterocycles. The summed E-state index contributed by atoms with van der Waals surface area (Å²) in [5.74, 6) is -5.06. The maximum atomic E-state index is 13.7. The Morgan fingerprint density at radius 1 is 0.895 bits per heavy atom. The summed E-state index contributed by atoms with van der Waals surface area (Å²) in [6, 6.07) is 6.05. The molecule has 15 heteroatoms. The molecule has 0 aliphatic carbocycles. The van der Waals surface area contributed by atoms with Crippen LogP contribution in [0.25, 0.3) is 6.08 Å². The molecule has 2 aromatic carbocycles. The molecule has 0 bridgehead atoms. The Balaban J connectivity index is 2.34. The van der Waals surface area contributed by atoms with Crippen LogP contribution in [-0.4, -0.2) is 30.3 Å². The Kier molecular flexibility index (Phi) is 10.1. The second kappa shape index (κ2) is 12.1. The van der Waals surface area contributed by atoms with Gasteiger partial charge in [-0.15, -0.1) is 0 Å². The van der Waals surface area contributed by atoms with E-state index in [1.165, 1.54) is 18.2 Å². The first-order chi connectivity index (χ1) is 17.3. The lowest BCUT2D eigenvalue weighted by molar-refractivity contribution is -0.154. The number of hydrogen-bond donors (Lipinski definition) is 2. The number of allylic oxidation sites excluding steroid dienone is 1. The molecule has 0 spiro atoms. The van der Waals surface area contributed by atoms with E-state index in [0.717, 1.165) is 19.1 Å². The lowest BCUT2D eigenvalue weighted by Crippen LogP contribution is -2.47. The van der Waals surface area contributed by atoms with Crippen LogP contribution in [0, 0.1) is 0 Å². The van der Waals surface area contributed by atoms with Crippen molar-refractivity contribution in [2.45, 2.75) is 44.0 Å². The lowest BCUT2D eigenvalue weighted by atomic mass is 9.96. The minimum Gasteiger partial charge on any atom is -0.336 e. The monoisotopic (exact) mass is 682 g/mol. The van der Waals surface area contributed by atoms with Crippen molar-refractivity contribution >= 4 is 49.8 Å². The van der Waals surface area contributed by atoms with Crippen molar-refractivity contribution in [3.63, 3.8) is 0 Å². The molecular weight excluding hydrogens is 667 g/mol. The fourth-order valence-corrected chi connectivity index (χ4v) is 4.58. The molecule has 4 nitrogen and oxygen atoms in total. The highest BCUT2D eigenvalue weighted by Gasteiger charge is 2.39. The zero-order chi connectivity index (χ0) is 29.1. The molecule has 2 aromatic rings. The highest BCUT2D eigenvalue weighted by molar-refractivity contribution is 9.11. The van der Waals surface area contributed by atoms with E-state index in [2.05, 4.69) is 31.9 Å². The molecule has 2 rings (SSSR count). The summed E-state index contributed by atoms with van der Waals surface area (Å²) in [7, 11) is 0. The van der Waals surface area contributed by atoms with E-state index in [1.807, 2.05) is 5.32 Å². The Morgan fingerprint density at radius 3 is 1.97 bits per heavy atom. The van der Waals surface area contributed by atoms with Gasteiger partial charge in [0, 0.05) is 8.95 Å². The van der Waals surface area contributed by atoms with Crippen molar-refractivity contribution in [3.05, 3.63) is 73.7 Å². The van der Waals surface area contributed by atoms with Gasteiger partial charge in [0.2, 0.25) is 5.91 Å². The predicted molar refractivity (Wildman–Crippen MR) is 127 cm³/mol. The largest absolute Gasteiger partial charge is 0.417 e. The minimum atomic E-state index is -5.11. The van der Waals surface area contributed by atoms with Gasteiger partial charge in [0.05, 0.1) is 23.2 Å². The van der Waals surface area contributed by atoms with Gasteiger partial charge in [-0.25, -0.2) is 0 Å². The first kappa shape index (κ1) is 31.7. The third kappa shape index (κ3) is 9.64. The van der Waals surface area contributed by atoms with Crippen LogP contribution in [-0.2, 0) is 11.0 Å². The van der Waals surface area contributed by atoms with Crippen LogP contribution in [0.5, 0.6) is 0 Å². The molecule has 0 radical (unpaired) electrons. The molecule has 2 atom stereocenters. The number of amides is 2. The van der Waals surface area contributed by atoms with Crippen molar-refractivity contribution < 1.29 is 49.1 Å². The van der Waals surface area contributed by atoms with Crippen LogP contribution in [0.15, 0.2) is 51.4 Å². The molecule has 0 heterocycles. The number of hydrogen-bond acceptors (Lipinski definition) is 2. The Morgan fingerprint density at radius 2 is 1.47 bits per heavy atom. The van der Waals surface area contributed by atoms with Crippen molar-refractivity contribution in [1.82, 2.24) is 10.6 Å². The third-order valence-corrected chi connectivity index (χ3v) is 5.67. The fourth-order valence-electron chi connectivity index (χ4n) is 3.25. The summed E-state index contributed by atoms with van der Waals surface area (Å²) in [6.45, 7) is 1.04. The molecule has 0 saturated heterocycles. The number of halogens is 11. The number of rotatable bonds is 7. The van der Waals surface area contributed by atoms with Crippen LogP contribution in [0.2, 0.25) is 0 Å². The van der Waals surface area contributed by atoms with Crippen LogP contribution >= 0.6 is 31.9 Å². The van der Waals surface area contributed by atoms with Gasteiger partial charge in [-0.2, -0.15) is 39.5 Å². The van der Waals surface area contributed by atoms with Gasteiger partial charge in [-0.3, -0.25) is 9.59 Å². The zero-order valence-electron chi connectivity index (χ0n) is 19.0.